The zero-order valence-corrected chi connectivity index (χ0v) is 10.6. The van der Waals surface area contributed by atoms with E-state index >= 15 is 0 Å². The molecule has 0 fully saturated rings. The predicted molar refractivity (Wildman–Crippen MR) is 66.4 cm³/mol. The van der Waals surface area contributed by atoms with E-state index in [4.69, 9.17) is 0 Å². The molecule has 0 N–H and O–H groups in total. The van der Waals surface area contributed by atoms with Crippen LogP contribution in [-0.4, -0.2) is 9.20 Å². The Bertz CT molecular complexity index is 436. The van der Waals surface area contributed by atoms with Gasteiger partial charge in [-0.3, -0.25) is 0 Å². The van der Waals surface area contributed by atoms with Gasteiger partial charge in [-0.05, 0) is 17.6 Å². The largest absolute Gasteiger partial charge is 0.192 e. The average molecular weight is 270 g/mol. The second-order valence-electron chi connectivity index (χ2n) is 3.53. The van der Waals surface area contributed by atoms with Gasteiger partial charge >= 0.3 is 0 Å². The number of hydrogen-bond donors (Lipinski definition) is 0. The third-order valence-electron chi connectivity index (χ3n) is 2.51. The number of fused-ring (bicyclic) bond motifs is 1. The molecule has 0 radical (unpaired) electrons. The Morgan fingerprint density at radius 2 is 2.00 bits per heavy atom. The van der Waals surface area contributed by atoms with Crippen LogP contribution in [-0.2, 0) is 0 Å². The Morgan fingerprint density at radius 3 is 2.71 bits per heavy atom. The highest BCUT2D eigenvalue weighted by Gasteiger charge is 2.16. The molecule has 0 aliphatic carbocycles. The molecule has 1 heterocycles. The maximum absolute atomic E-state index is 4.44. The minimum Gasteiger partial charge on any atom is -0.192 e. The van der Waals surface area contributed by atoms with Crippen molar-refractivity contribution >= 4 is 38.4 Å². The second kappa shape index (κ2) is 3.99. The maximum atomic E-state index is 4.44. The van der Waals surface area contributed by atoms with Crippen LogP contribution in [0.3, 0.4) is 0 Å². The standard InChI is InChI=1S/C11H12BrNS/c1-7(8(2)12)11-9-5-3-4-6-10(9)13-14-11/h3-8H,1-2H3. The molecular weight excluding hydrogens is 258 g/mol. The van der Waals surface area contributed by atoms with E-state index in [1.807, 2.05) is 6.07 Å². The lowest BCUT2D eigenvalue weighted by atomic mass is 10.0. The van der Waals surface area contributed by atoms with Crippen molar-refractivity contribution in [1.82, 2.24) is 4.37 Å². The van der Waals surface area contributed by atoms with Crippen LogP contribution in [0.2, 0.25) is 0 Å². The molecular formula is C11H12BrNS. The molecule has 0 saturated carbocycles. The summed E-state index contributed by atoms with van der Waals surface area (Å²) in [5.41, 5.74) is 1.12. The van der Waals surface area contributed by atoms with Crippen molar-refractivity contribution in [2.24, 2.45) is 0 Å². The Labute approximate surface area is 96.4 Å². The van der Waals surface area contributed by atoms with E-state index in [1.54, 1.807) is 11.5 Å². The van der Waals surface area contributed by atoms with Gasteiger partial charge < -0.3 is 0 Å². The lowest BCUT2D eigenvalue weighted by Crippen LogP contribution is -2.02. The predicted octanol–water partition coefficient (Wildman–Crippen LogP) is 4.18. The molecule has 2 rings (SSSR count). The summed E-state index contributed by atoms with van der Waals surface area (Å²) in [4.78, 5) is 1.87. The molecule has 1 nitrogen and oxygen atoms in total. The van der Waals surface area contributed by atoms with Gasteiger partial charge in [-0.1, -0.05) is 48.0 Å². The van der Waals surface area contributed by atoms with Crippen molar-refractivity contribution in [1.29, 1.82) is 0 Å². The van der Waals surface area contributed by atoms with Crippen LogP contribution in [0.4, 0.5) is 0 Å². The minimum atomic E-state index is 0.492. The van der Waals surface area contributed by atoms with Crippen LogP contribution in [0.1, 0.15) is 24.6 Å². The third-order valence-corrected chi connectivity index (χ3v) is 4.38. The SMILES string of the molecule is CC(Br)C(C)c1snc2ccccc12. The van der Waals surface area contributed by atoms with Gasteiger partial charge in [0.15, 0.2) is 0 Å². The van der Waals surface area contributed by atoms with Crippen LogP contribution in [0.5, 0.6) is 0 Å². The van der Waals surface area contributed by atoms with Gasteiger partial charge in [0.1, 0.15) is 0 Å². The number of rotatable bonds is 2. The van der Waals surface area contributed by atoms with Gasteiger partial charge in [-0.15, -0.1) is 0 Å². The number of hydrogen-bond acceptors (Lipinski definition) is 2. The fraction of sp³-hybridized carbons (Fsp3) is 0.364. The summed E-state index contributed by atoms with van der Waals surface area (Å²) < 4.78 is 4.44. The monoisotopic (exact) mass is 269 g/mol. The van der Waals surface area contributed by atoms with E-state index in [0.29, 0.717) is 10.7 Å². The highest BCUT2D eigenvalue weighted by Crippen LogP contribution is 2.33. The Kier molecular flexibility index (Phi) is 2.88. The van der Waals surface area contributed by atoms with Crippen molar-refractivity contribution in [3.05, 3.63) is 29.1 Å². The summed E-state index contributed by atoms with van der Waals surface area (Å²) in [7, 11) is 0. The van der Waals surface area contributed by atoms with E-state index in [0.717, 1.165) is 5.52 Å². The summed E-state index contributed by atoms with van der Waals surface area (Å²) >= 11 is 5.25. The molecule has 0 bridgehead atoms. The second-order valence-corrected chi connectivity index (χ2v) is 5.78. The van der Waals surface area contributed by atoms with E-state index in [2.05, 4.69) is 52.4 Å². The molecule has 0 amide bonds. The van der Waals surface area contributed by atoms with Crippen molar-refractivity contribution in [3.8, 4) is 0 Å². The van der Waals surface area contributed by atoms with Crippen molar-refractivity contribution in [2.45, 2.75) is 24.6 Å². The lowest BCUT2D eigenvalue weighted by molar-refractivity contribution is 0.782. The normalized spacial score (nSPS) is 15.6. The zero-order valence-electron chi connectivity index (χ0n) is 8.20. The lowest BCUT2D eigenvalue weighted by Gasteiger charge is -2.11. The summed E-state index contributed by atoms with van der Waals surface area (Å²) in [5, 5.41) is 1.30. The number of halogens is 1. The van der Waals surface area contributed by atoms with E-state index in [-0.39, 0.29) is 0 Å². The molecule has 1 aromatic heterocycles. The van der Waals surface area contributed by atoms with Gasteiger partial charge in [-0.25, -0.2) is 0 Å². The van der Waals surface area contributed by atoms with Gasteiger partial charge in [0.05, 0.1) is 5.52 Å². The molecule has 0 aliphatic heterocycles. The first kappa shape index (κ1) is 10.1. The van der Waals surface area contributed by atoms with Crippen molar-refractivity contribution < 1.29 is 0 Å². The van der Waals surface area contributed by atoms with Crippen LogP contribution < -0.4 is 0 Å². The third kappa shape index (κ3) is 1.71. The van der Waals surface area contributed by atoms with Crippen LogP contribution in [0, 0.1) is 0 Å². The quantitative estimate of drug-likeness (QED) is 0.746. The van der Waals surface area contributed by atoms with Gasteiger partial charge in [0, 0.05) is 21.0 Å². The molecule has 2 aromatic rings. The van der Waals surface area contributed by atoms with E-state index in [9.17, 15) is 0 Å². The fourth-order valence-corrected chi connectivity index (χ4v) is 2.88. The number of benzene rings is 1. The molecule has 2 unspecified atom stereocenters. The first-order valence-corrected chi connectivity index (χ1v) is 6.37. The summed E-state index contributed by atoms with van der Waals surface area (Å²) in [6.07, 6.45) is 0. The molecule has 0 aliphatic rings. The number of nitrogens with zero attached hydrogens (tertiary/aromatic N) is 1. The number of alkyl halides is 1. The van der Waals surface area contributed by atoms with E-state index < -0.39 is 0 Å². The van der Waals surface area contributed by atoms with Crippen LogP contribution in [0.25, 0.3) is 10.9 Å². The fourth-order valence-electron chi connectivity index (χ4n) is 1.45. The zero-order chi connectivity index (χ0) is 10.1. The van der Waals surface area contributed by atoms with Gasteiger partial charge in [-0.2, -0.15) is 4.37 Å². The maximum Gasteiger partial charge on any atom is 0.0843 e. The first-order valence-electron chi connectivity index (χ1n) is 4.68. The van der Waals surface area contributed by atoms with Gasteiger partial charge in [0.2, 0.25) is 0 Å². The molecule has 74 valence electrons. The Morgan fingerprint density at radius 1 is 1.29 bits per heavy atom. The smallest absolute Gasteiger partial charge is 0.0843 e. The molecule has 1 aromatic carbocycles. The molecule has 0 saturated heterocycles. The highest BCUT2D eigenvalue weighted by atomic mass is 79.9. The molecule has 2 atom stereocenters. The number of aromatic nitrogens is 1. The van der Waals surface area contributed by atoms with Crippen LogP contribution >= 0.6 is 27.5 Å². The molecule has 0 spiro atoms. The first-order chi connectivity index (χ1) is 6.70. The molecule has 3 heteroatoms. The Balaban J connectivity index is 2.53. The summed E-state index contributed by atoms with van der Waals surface area (Å²) in [6.45, 7) is 4.42. The average Bonchev–Trinajstić information content (AvgIpc) is 2.60. The van der Waals surface area contributed by atoms with E-state index in [1.165, 1.54) is 10.3 Å². The van der Waals surface area contributed by atoms with Crippen molar-refractivity contribution in [3.63, 3.8) is 0 Å². The Hall–Kier alpha value is -0.410. The van der Waals surface area contributed by atoms with Gasteiger partial charge in [0.25, 0.3) is 0 Å². The summed E-state index contributed by atoms with van der Waals surface area (Å²) in [6, 6.07) is 8.33. The molecule has 14 heavy (non-hydrogen) atoms. The van der Waals surface area contributed by atoms with Crippen LogP contribution in [0.15, 0.2) is 24.3 Å². The highest BCUT2D eigenvalue weighted by molar-refractivity contribution is 9.09. The van der Waals surface area contributed by atoms with Crippen molar-refractivity contribution in [2.75, 3.05) is 0 Å². The minimum absolute atomic E-state index is 0.492. The topological polar surface area (TPSA) is 12.9 Å². The summed E-state index contributed by atoms with van der Waals surface area (Å²) in [5.74, 6) is 0.521.